The molecule has 0 rings (SSSR count). The lowest BCUT2D eigenvalue weighted by Crippen LogP contribution is -2.19. The number of hydrogen-bond donors (Lipinski definition) is 1. The summed E-state index contributed by atoms with van der Waals surface area (Å²) in [6, 6.07) is 0. The molecule has 0 amide bonds. The van der Waals surface area contributed by atoms with Gasteiger partial charge in [-0.25, -0.2) is 18.0 Å². The van der Waals surface area contributed by atoms with E-state index in [1.54, 1.807) is 0 Å². The second kappa shape index (κ2) is 6.02. The zero-order chi connectivity index (χ0) is 12.0. The standard InChI is InChI=1S/C9H9F3O3/c1-5(10)7(12)3-6(11)4-8(13)9(14)15-2/h3-4,8,13H,1H2,2H3/b6-4-,7-3+. The SMILES string of the molecule is C=C(F)/C(F)=C\C(F)=C\C(O)C(=O)OC. The molecular weight excluding hydrogens is 213 g/mol. The quantitative estimate of drug-likeness (QED) is 0.581. The van der Waals surface area contributed by atoms with Crippen molar-refractivity contribution in [2.45, 2.75) is 6.10 Å². The van der Waals surface area contributed by atoms with Crippen molar-refractivity contribution in [2.24, 2.45) is 0 Å². The first-order valence-electron chi connectivity index (χ1n) is 3.73. The van der Waals surface area contributed by atoms with Gasteiger partial charge in [-0.05, 0) is 6.08 Å². The van der Waals surface area contributed by atoms with Crippen LogP contribution in [0.1, 0.15) is 0 Å². The summed E-state index contributed by atoms with van der Waals surface area (Å²) in [7, 11) is 0.983. The van der Waals surface area contributed by atoms with Crippen LogP contribution in [-0.4, -0.2) is 24.3 Å². The molecule has 0 saturated heterocycles. The van der Waals surface area contributed by atoms with Crippen molar-refractivity contribution in [1.29, 1.82) is 0 Å². The number of hydrogen-bond acceptors (Lipinski definition) is 3. The molecule has 0 fully saturated rings. The molecule has 1 unspecified atom stereocenters. The first kappa shape index (κ1) is 13.4. The summed E-state index contributed by atoms with van der Waals surface area (Å²) in [5.41, 5.74) is 0. The maximum absolute atomic E-state index is 12.7. The van der Waals surface area contributed by atoms with E-state index in [-0.39, 0.29) is 6.08 Å². The highest BCUT2D eigenvalue weighted by Gasteiger charge is 2.13. The molecule has 0 aromatic rings. The number of aliphatic hydroxyl groups is 1. The van der Waals surface area contributed by atoms with Crippen LogP contribution >= 0.6 is 0 Å². The van der Waals surface area contributed by atoms with Crippen LogP contribution in [0.25, 0.3) is 0 Å². The van der Waals surface area contributed by atoms with Gasteiger partial charge in [0.2, 0.25) is 0 Å². The molecule has 0 aromatic carbocycles. The summed E-state index contributed by atoms with van der Waals surface area (Å²) in [5.74, 6) is -5.41. The van der Waals surface area contributed by atoms with Crippen molar-refractivity contribution in [3.05, 3.63) is 36.2 Å². The van der Waals surface area contributed by atoms with Crippen molar-refractivity contribution >= 4 is 5.97 Å². The minimum atomic E-state index is -1.87. The van der Waals surface area contributed by atoms with Gasteiger partial charge in [-0.3, -0.25) is 0 Å². The Morgan fingerprint density at radius 1 is 1.47 bits per heavy atom. The van der Waals surface area contributed by atoms with Gasteiger partial charge in [-0.2, -0.15) is 0 Å². The second-order valence-corrected chi connectivity index (χ2v) is 2.42. The fourth-order valence-corrected chi connectivity index (χ4v) is 0.587. The van der Waals surface area contributed by atoms with E-state index in [0.717, 1.165) is 7.11 Å². The number of esters is 1. The minimum Gasteiger partial charge on any atom is -0.467 e. The van der Waals surface area contributed by atoms with Crippen molar-refractivity contribution in [2.75, 3.05) is 7.11 Å². The first-order chi connectivity index (χ1) is 6.88. The third-order valence-corrected chi connectivity index (χ3v) is 1.28. The number of halogens is 3. The van der Waals surface area contributed by atoms with Gasteiger partial charge in [0.15, 0.2) is 17.8 Å². The summed E-state index contributed by atoms with van der Waals surface area (Å²) in [6.07, 6.45) is -1.35. The average Bonchev–Trinajstić information content (AvgIpc) is 2.15. The van der Waals surface area contributed by atoms with Gasteiger partial charge in [0.1, 0.15) is 5.83 Å². The molecule has 84 valence electrons. The summed E-state index contributed by atoms with van der Waals surface area (Å²) < 4.78 is 41.2. The van der Waals surface area contributed by atoms with E-state index in [4.69, 9.17) is 5.11 Å². The Morgan fingerprint density at radius 3 is 2.40 bits per heavy atom. The number of allylic oxidation sites excluding steroid dienone is 4. The monoisotopic (exact) mass is 222 g/mol. The molecule has 0 spiro atoms. The van der Waals surface area contributed by atoms with Crippen LogP contribution in [0.2, 0.25) is 0 Å². The zero-order valence-corrected chi connectivity index (χ0v) is 7.84. The lowest BCUT2D eigenvalue weighted by Gasteiger charge is -2.01. The fraction of sp³-hybridized carbons (Fsp3) is 0.222. The Labute approximate surface area is 84.2 Å². The van der Waals surface area contributed by atoms with E-state index in [2.05, 4.69) is 11.3 Å². The Hall–Kier alpha value is -1.56. The highest BCUT2D eigenvalue weighted by molar-refractivity contribution is 5.76. The zero-order valence-electron chi connectivity index (χ0n) is 7.84. The number of carbonyl (C=O) groups excluding carboxylic acids is 1. The molecule has 0 aliphatic rings. The summed E-state index contributed by atoms with van der Waals surface area (Å²) >= 11 is 0. The topological polar surface area (TPSA) is 46.5 Å². The van der Waals surface area contributed by atoms with Crippen LogP contribution in [-0.2, 0) is 9.53 Å². The highest BCUT2D eigenvalue weighted by atomic mass is 19.2. The van der Waals surface area contributed by atoms with E-state index in [9.17, 15) is 18.0 Å². The number of aliphatic hydroxyl groups excluding tert-OH is 1. The number of methoxy groups -OCH3 is 1. The fourth-order valence-electron chi connectivity index (χ4n) is 0.587. The molecule has 0 radical (unpaired) electrons. The van der Waals surface area contributed by atoms with Crippen molar-refractivity contribution in [3.63, 3.8) is 0 Å². The molecule has 0 aromatic heterocycles. The molecule has 0 saturated carbocycles. The van der Waals surface area contributed by atoms with Crippen molar-refractivity contribution in [1.82, 2.24) is 0 Å². The molecular formula is C9H9F3O3. The predicted molar refractivity (Wildman–Crippen MR) is 46.7 cm³/mol. The Balaban J connectivity index is 4.64. The van der Waals surface area contributed by atoms with Crippen LogP contribution in [0, 0.1) is 0 Å². The molecule has 15 heavy (non-hydrogen) atoms. The molecule has 0 heterocycles. The van der Waals surface area contributed by atoms with Gasteiger partial charge in [-0.1, -0.05) is 6.58 Å². The lowest BCUT2D eigenvalue weighted by molar-refractivity contribution is -0.147. The van der Waals surface area contributed by atoms with Crippen LogP contribution < -0.4 is 0 Å². The lowest BCUT2D eigenvalue weighted by atomic mass is 10.3. The second-order valence-electron chi connectivity index (χ2n) is 2.42. The van der Waals surface area contributed by atoms with Crippen LogP contribution in [0.4, 0.5) is 13.2 Å². The summed E-state index contributed by atoms with van der Waals surface area (Å²) in [5, 5.41) is 8.88. The Kier molecular flexibility index (Phi) is 5.40. The number of rotatable bonds is 4. The average molecular weight is 222 g/mol. The number of carbonyl (C=O) groups is 1. The van der Waals surface area contributed by atoms with E-state index >= 15 is 0 Å². The van der Waals surface area contributed by atoms with Crippen LogP contribution in [0.5, 0.6) is 0 Å². The predicted octanol–water partition coefficient (Wildman–Crippen LogP) is 1.71. The maximum atomic E-state index is 12.7. The van der Waals surface area contributed by atoms with Crippen LogP contribution in [0.3, 0.4) is 0 Å². The Morgan fingerprint density at radius 2 is 2.00 bits per heavy atom. The molecule has 1 N–H and O–H groups in total. The molecule has 3 nitrogen and oxygen atoms in total. The van der Waals surface area contributed by atoms with Crippen molar-refractivity contribution < 1.29 is 27.8 Å². The maximum Gasteiger partial charge on any atom is 0.338 e. The third-order valence-electron chi connectivity index (χ3n) is 1.28. The van der Waals surface area contributed by atoms with E-state index in [0.29, 0.717) is 6.08 Å². The van der Waals surface area contributed by atoms with Crippen LogP contribution in [0.15, 0.2) is 36.2 Å². The third kappa shape index (κ3) is 5.02. The summed E-state index contributed by atoms with van der Waals surface area (Å²) in [4.78, 5) is 10.6. The van der Waals surface area contributed by atoms with E-state index in [1.807, 2.05) is 0 Å². The molecule has 6 heteroatoms. The van der Waals surface area contributed by atoms with Gasteiger partial charge >= 0.3 is 5.97 Å². The minimum absolute atomic E-state index is 0.147. The smallest absolute Gasteiger partial charge is 0.338 e. The van der Waals surface area contributed by atoms with E-state index in [1.165, 1.54) is 0 Å². The van der Waals surface area contributed by atoms with Gasteiger partial charge in [0.25, 0.3) is 0 Å². The molecule has 1 atom stereocenters. The number of ether oxygens (including phenoxy) is 1. The van der Waals surface area contributed by atoms with Gasteiger partial charge in [0.05, 0.1) is 7.11 Å². The molecule has 0 aliphatic carbocycles. The summed E-state index contributed by atoms with van der Waals surface area (Å²) in [6.45, 7) is 2.58. The van der Waals surface area contributed by atoms with Gasteiger partial charge in [0, 0.05) is 6.08 Å². The van der Waals surface area contributed by atoms with E-state index < -0.39 is 29.6 Å². The van der Waals surface area contributed by atoms with Gasteiger partial charge < -0.3 is 9.84 Å². The Bertz CT molecular complexity index is 321. The highest BCUT2D eigenvalue weighted by Crippen LogP contribution is 2.14. The van der Waals surface area contributed by atoms with Gasteiger partial charge in [-0.15, -0.1) is 0 Å². The molecule has 0 bridgehead atoms. The van der Waals surface area contributed by atoms with Crippen molar-refractivity contribution in [3.8, 4) is 0 Å². The largest absolute Gasteiger partial charge is 0.467 e. The normalized spacial score (nSPS) is 14.7. The molecule has 0 aliphatic heterocycles. The first-order valence-corrected chi connectivity index (χ1v) is 3.73.